The van der Waals surface area contributed by atoms with E-state index in [1.54, 1.807) is 0 Å². The fraction of sp³-hybridized carbons (Fsp3) is 0.600. The summed E-state index contributed by atoms with van der Waals surface area (Å²) in [6, 6.07) is 8.62. The zero-order valence-electron chi connectivity index (χ0n) is 10.7. The lowest BCUT2D eigenvalue weighted by atomic mass is 9.87. The van der Waals surface area contributed by atoms with Gasteiger partial charge in [-0.15, -0.1) is 0 Å². The lowest BCUT2D eigenvalue weighted by molar-refractivity contribution is 0.101. The van der Waals surface area contributed by atoms with E-state index in [-0.39, 0.29) is 6.10 Å². The maximum absolute atomic E-state index is 9.60. The van der Waals surface area contributed by atoms with E-state index >= 15 is 0 Å². The fourth-order valence-electron chi connectivity index (χ4n) is 2.69. The van der Waals surface area contributed by atoms with E-state index in [4.69, 9.17) is 0 Å². The monoisotopic (exact) mass is 233 g/mol. The number of nitrogens with one attached hydrogen (secondary N) is 1. The number of hydrogen-bond donors (Lipinski definition) is 2. The Kier molecular flexibility index (Phi) is 4.57. The van der Waals surface area contributed by atoms with E-state index in [1.807, 2.05) is 0 Å². The molecule has 1 aromatic carbocycles. The third-order valence-electron chi connectivity index (χ3n) is 3.60. The summed E-state index contributed by atoms with van der Waals surface area (Å²) in [6.45, 7) is 4.10. The Hall–Kier alpha value is -0.860. The Morgan fingerprint density at radius 2 is 2.24 bits per heavy atom. The number of aliphatic hydroxyl groups excluding tert-OH is 1. The number of hydrogen-bond acceptors (Lipinski definition) is 2. The quantitative estimate of drug-likeness (QED) is 0.838. The molecule has 2 atom stereocenters. The summed E-state index contributed by atoms with van der Waals surface area (Å²) in [6.07, 6.45) is 4.35. The van der Waals surface area contributed by atoms with Crippen molar-refractivity contribution in [2.45, 2.75) is 45.3 Å². The summed E-state index contributed by atoms with van der Waals surface area (Å²) in [5.41, 5.74) is 2.67. The SMILES string of the molecule is Cc1cccc(CNCC2CCCC(O)C2)c1. The van der Waals surface area contributed by atoms with Gasteiger partial charge in [-0.05, 0) is 44.2 Å². The van der Waals surface area contributed by atoms with Crippen molar-refractivity contribution < 1.29 is 5.11 Å². The molecule has 2 unspecified atom stereocenters. The van der Waals surface area contributed by atoms with Crippen LogP contribution in [0.15, 0.2) is 24.3 Å². The number of aryl methyl sites for hydroxylation is 1. The van der Waals surface area contributed by atoms with E-state index in [1.165, 1.54) is 24.0 Å². The minimum Gasteiger partial charge on any atom is -0.393 e. The third-order valence-corrected chi connectivity index (χ3v) is 3.60. The van der Waals surface area contributed by atoms with Crippen LogP contribution in [0.4, 0.5) is 0 Å². The molecular weight excluding hydrogens is 210 g/mol. The molecule has 94 valence electrons. The number of aliphatic hydroxyl groups is 1. The van der Waals surface area contributed by atoms with Crippen molar-refractivity contribution in [3.05, 3.63) is 35.4 Å². The molecule has 0 spiro atoms. The first kappa shape index (κ1) is 12.6. The van der Waals surface area contributed by atoms with Crippen LogP contribution in [0, 0.1) is 12.8 Å². The second-order valence-electron chi connectivity index (χ2n) is 5.31. The van der Waals surface area contributed by atoms with Gasteiger partial charge in [-0.1, -0.05) is 36.2 Å². The summed E-state index contributed by atoms with van der Waals surface area (Å²) >= 11 is 0. The van der Waals surface area contributed by atoms with E-state index in [2.05, 4.69) is 36.5 Å². The first-order valence-electron chi connectivity index (χ1n) is 6.68. The van der Waals surface area contributed by atoms with Crippen molar-refractivity contribution in [2.24, 2.45) is 5.92 Å². The summed E-state index contributed by atoms with van der Waals surface area (Å²) in [5, 5.41) is 13.1. The highest BCUT2D eigenvalue weighted by Gasteiger charge is 2.19. The molecule has 17 heavy (non-hydrogen) atoms. The molecule has 0 saturated heterocycles. The highest BCUT2D eigenvalue weighted by atomic mass is 16.3. The maximum atomic E-state index is 9.60. The Balaban J connectivity index is 1.72. The normalized spacial score (nSPS) is 24.8. The molecule has 0 aliphatic heterocycles. The Bertz CT molecular complexity index is 351. The standard InChI is InChI=1S/C15H23NO/c1-12-4-2-5-13(8-12)10-16-11-14-6-3-7-15(17)9-14/h2,4-5,8,14-17H,3,6-7,9-11H2,1H3. The summed E-state index contributed by atoms with van der Waals surface area (Å²) in [4.78, 5) is 0. The molecule has 0 radical (unpaired) electrons. The lowest BCUT2D eigenvalue weighted by Crippen LogP contribution is -2.28. The molecule has 2 nitrogen and oxygen atoms in total. The highest BCUT2D eigenvalue weighted by molar-refractivity contribution is 5.21. The first-order chi connectivity index (χ1) is 8.24. The molecular formula is C15H23NO. The smallest absolute Gasteiger partial charge is 0.0543 e. The number of benzene rings is 1. The Morgan fingerprint density at radius 3 is 3.00 bits per heavy atom. The zero-order valence-corrected chi connectivity index (χ0v) is 10.7. The van der Waals surface area contributed by atoms with Gasteiger partial charge in [0, 0.05) is 6.54 Å². The van der Waals surface area contributed by atoms with Crippen LogP contribution >= 0.6 is 0 Å². The van der Waals surface area contributed by atoms with Crippen LogP contribution in [0.3, 0.4) is 0 Å². The lowest BCUT2D eigenvalue weighted by Gasteiger charge is -2.26. The van der Waals surface area contributed by atoms with Crippen molar-refractivity contribution in [1.29, 1.82) is 0 Å². The molecule has 0 bridgehead atoms. The minimum atomic E-state index is -0.0606. The predicted octanol–water partition coefficient (Wildman–Crippen LogP) is 2.64. The maximum Gasteiger partial charge on any atom is 0.0543 e. The van der Waals surface area contributed by atoms with Gasteiger partial charge in [-0.2, -0.15) is 0 Å². The molecule has 0 aromatic heterocycles. The molecule has 2 heteroatoms. The predicted molar refractivity (Wildman–Crippen MR) is 70.9 cm³/mol. The number of rotatable bonds is 4. The van der Waals surface area contributed by atoms with E-state index < -0.39 is 0 Å². The van der Waals surface area contributed by atoms with Crippen LogP contribution in [0.5, 0.6) is 0 Å². The molecule has 1 saturated carbocycles. The second kappa shape index (κ2) is 6.18. The fourth-order valence-corrected chi connectivity index (χ4v) is 2.69. The van der Waals surface area contributed by atoms with Crippen LogP contribution in [0.2, 0.25) is 0 Å². The van der Waals surface area contributed by atoms with Gasteiger partial charge < -0.3 is 10.4 Å². The first-order valence-corrected chi connectivity index (χ1v) is 6.68. The van der Waals surface area contributed by atoms with Gasteiger partial charge in [0.1, 0.15) is 0 Å². The van der Waals surface area contributed by atoms with E-state index in [0.717, 1.165) is 25.9 Å². The van der Waals surface area contributed by atoms with Gasteiger partial charge >= 0.3 is 0 Å². The topological polar surface area (TPSA) is 32.3 Å². The molecule has 1 aliphatic carbocycles. The Morgan fingerprint density at radius 1 is 1.35 bits per heavy atom. The van der Waals surface area contributed by atoms with E-state index in [0.29, 0.717) is 5.92 Å². The summed E-state index contributed by atoms with van der Waals surface area (Å²) in [5.74, 6) is 0.656. The van der Waals surface area contributed by atoms with Gasteiger partial charge in [0.2, 0.25) is 0 Å². The van der Waals surface area contributed by atoms with Crippen molar-refractivity contribution >= 4 is 0 Å². The summed E-state index contributed by atoms with van der Waals surface area (Å²) < 4.78 is 0. The van der Waals surface area contributed by atoms with Crippen LogP contribution in [0.25, 0.3) is 0 Å². The summed E-state index contributed by atoms with van der Waals surface area (Å²) in [7, 11) is 0. The van der Waals surface area contributed by atoms with Crippen molar-refractivity contribution in [2.75, 3.05) is 6.54 Å². The van der Waals surface area contributed by atoms with Crippen molar-refractivity contribution in [3.8, 4) is 0 Å². The van der Waals surface area contributed by atoms with E-state index in [9.17, 15) is 5.11 Å². The largest absolute Gasteiger partial charge is 0.393 e. The van der Waals surface area contributed by atoms with Gasteiger partial charge in [-0.25, -0.2) is 0 Å². The zero-order chi connectivity index (χ0) is 12.1. The molecule has 0 amide bonds. The molecule has 0 heterocycles. The van der Waals surface area contributed by atoms with Gasteiger partial charge in [0.25, 0.3) is 0 Å². The van der Waals surface area contributed by atoms with Crippen molar-refractivity contribution in [1.82, 2.24) is 5.32 Å². The average molecular weight is 233 g/mol. The average Bonchev–Trinajstić information content (AvgIpc) is 2.29. The second-order valence-corrected chi connectivity index (χ2v) is 5.31. The molecule has 1 fully saturated rings. The Labute approximate surface area is 104 Å². The molecule has 1 aromatic rings. The van der Waals surface area contributed by atoms with Crippen molar-refractivity contribution in [3.63, 3.8) is 0 Å². The van der Waals surface area contributed by atoms with Gasteiger partial charge in [-0.3, -0.25) is 0 Å². The highest BCUT2D eigenvalue weighted by Crippen LogP contribution is 2.23. The van der Waals surface area contributed by atoms with Gasteiger partial charge in [0.15, 0.2) is 0 Å². The van der Waals surface area contributed by atoms with Gasteiger partial charge in [0.05, 0.1) is 6.10 Å². The van der Waals surface area contributed by atoms with Crippen LogP contribution in [0.1, 0.15) is 36.8 Å². The molecule has 2 N–H and O–H groups in total. The molecule has 2 rings (SSSR count). The molecule has 1 aliphatic rings. The van der Waals surface area contributed by atoms with Crippen LogP contribution < -0.4 is 5.32 Å². The van der Waals surface area contributed by atoms with Crippen LogP contribution in [-0.4, -0.2) is 17.8 Å². The van der Waals surface area contributed by atoms with Crippen LogP contribution in [-0.2, 0) is 6.54 Å². The minimum absolute atomic E-state index is 0.0606. The third kappa shape index (κ3) is 4.14.